The number of halogens is 1. The third-order valence-electron chi connectivity index (χ3n) is 4.50. The highest BCUT2D eigenvalue weighted by molar-refractivity contribution is 7.92. The molecule has 0 unspecified atom stereocenters. The number of hydrogen-bond donors (Lipinski definition) is 2. The van der Waals surface area contributed by atoms with Crippen molar-refractivity contribution >= 4 is 38.9 Å². The number of para-hydroxylation sites is 1. The van der Waals surface area contributed by atoms with Gasteiger partial charge in [0, 0.05) is 16.3 Å². The zero-order valence-corrected chi connectivity index (χ0v) is 17.6. The first-order chi connectivity index (χ1) is 13.8. The molecule has 5 nitrogen and oxygen atoms in total. The summed E-state index contributed by atoms with van der Waals surface area (Å²) in [5, 5.41) is 3.37. The summed E-state index contributed by atoms with van der Waals surface area (Å²) < 4.78 is 27.7. The number of hydrogen-bond acceptors (Lipinski definition) is 3. The van der Waals surface area contributed by atoms with Gasteiger partial charge < -0.3 is 5.32 Å². The molecule has 3 rings (SSSR count). The van der Waals surface area contributed by atoms with Gasteiger partial charge in [0.05, 0.1) is 10.6 Å². The highest BCUT2D eigenvalue weighted by Crippen LogP contribution is 2.23. The molecule has 29 heavy (non-hydrogen) atoms. The van der Waals surface area contributed by atoms with E-state index >= 15 is 0 Å². The van der Waals surface area contributed by atoms with Gasteiger partial charge in [-0.15, -0.1) is 0 Å². The van der Waals surface area contributed by atoms with Gasteiger partial charge in [-0.05, 0) is 73.0 Å². The van der Waals surface area contributed by atoms with Gasteiger partial charge >= 0.3 is 0 Å². The normalized spacial score (nSPS) is 11.1. The maximum Gasteiger partial charge on any atom is 0.261 e. The van der Waals surface area contributed by atoms with Crippen LogP contribution >= 0.6 is 11.6 Å². The Balaban J connectivity index is 1.79. The number of nitrogens with one attached hydrogen (secondary N) is 2. The molecule has 0 aromatic heterocycles. The van der Waals surface area contributed by atoms with Crippen molar-refractivity contribution in [3.05, 3.63) is 88.4 Å². The molecule has 0 bridgehead atoms. The first-order valence-corrected chi connectivity index (χ1v) is 10.9. The molecule has 0 radical (unpaired) electrons. The number of aryl methyl sites for hydroxylation is 2. The molecule has 0 saturated heterocycles. The van der Waals surface area contributed by atoms with E-state index in [1.54, 1.807) is 25.1 Å². The Morgan fingerprint density at radius 2 is 1.66 bits per heavy atom. The van der Waals surface area contributed by atoms with E-state index < -0.39 is 10.0 Å². The lowest BCUT2D eigenvalue weighted by molar-refractivity contribution is 0.102. The summed E-state index contributed by atoms with van der Waals surface area (Å²) >= 11 is 5.82. The summed E-state index contributed by atoms with van der Waals surface area (Å²) in [7, 11) is -3.75. The molecule has 0 atom stereocenters. The van der Waals surface area contributed by atoms with Crippen LogP contribution in [0.15, 0.2) is 71.6 Å². The van der Waals surface area contributed by atoms with Gasteiger partial charge in [0.15, 0.2) is 0 Å². The van der Waals surface area contributed by atoms with Crippen LogP contribution in [0.4, 0.5) is 11.4 Å². The third kappa shape index (κ3) is 4.96. The Labute approximate surface area is 175 Å². The van der Waals surface area contributed by atoms with Gasteiger partial charge in [-0.3, -0.25) is 9.52 Å². The van der Waals surface area contributed by atoms with Gasteiger partial charge in [0.25, 0.3) is 15.9 Å². The van der Waals surface area contributed by atoms with Gasteiger partial charge in [-0.2, -0.15) is 0 Å². The number of carbonyl (C=O) groups excluding carboxylic acids is 1. The summed E-state index contributed by atoms with van der Waals surface area (Å²) in [5.74, 6) is -0.249. The van der Waals surface area contributed by atoms with Crippen molar-refractivity contribution in [1.29, 1.82) is 0 Å². The Morgan fingerprint density at radius 1 is 0.966 bits per heavy atom. The van der Waals surface area contributed by atoms with Crippen LogP contribution < -0.4 is 10.0 Å². The van der Waals surface area contributed by atoms with E-state index in [9.17, 15) is 13.2 Å². The van der Waals surface area contributed by atoms with Crippen LogP contribution in [0, 0.1) is 6.92 Å². The van der Waals surface area contributed by atoms with Crippen molar-refractivity contribution in [2.24, 2.45) is 0 Å². The second kappa shape index (κ2) is 8.68. The van der Waals surface area contributed by atoms with E-state index in [1.807, 2.05) is 31.2 Å². The smallest absolute Gasteiger partial charge is 0.261 e. The number of benzene rings is 3. The molecular weight excluding hydrogens is 408 g/mol. The lowest BCUT2D eigenvalue weighted by atomic mass is 10.1. The predicted molar refractivity (Wildman–Crippen MR) is 117 cm³/mol. The zero-order chi connectivity index (χ0) is 21.0. The molecule has 3 aromatic rings. The van der Waals surface area contributed by atoms with E-state index in [0.29, 0.717) is 21.8 Å². The fourth-order valence-corrected chi connectivity index (χ4v) is 4.14. The first kappa shape index (κ1) is 20.9. The van der Waals surface area contributed by atoms with Crippen molar-refractivity contribution in [1.82, 2.24) is 0 Å². The fourth-order valence-electron chi connectivity index (χ4n) is 2.88. The minimum atomic E-state index is -3.75. The minimum absolute atomic E-state index is 0.110. The second-order valence-corrected chi connectivity index (χ2v) is 8.67. The van der Waals surface area contributed by atoms with Crippen LogP contribution in [0.1, 0.15) is 28.4 Å². The number of amides is 1. The van der Waals surface area contributed by atoms with Crippen LogP contribution in [0.25, 0.3) is 0 Å². The number of anilines is 2. The Morgan fingerprint density at radius 3 is 2.31 bits per heavy atom. The molecule has 1 amide bonds. The van der Waals surface area contributed by atoms with E-state index in [0.717, 1.165) is 17.7 Å². The lowest BCUT2D eigenvalue weighted by Gasteiger charge is -2.13. The van der Waals surface area contributed by atoms with Crippen LogP contribution in [0.2, 0.25) is 5.02 Å². The van der Waals surface area contributed by atoms with E-state index in [2.05, 4.69) is 10.0 Å². The molecule has 150 valence electrons. The number of carbonyl (C=O) groups is 1. The Hall–Kier alpha value is -2.83. The number of rotatable bonds is 6. The van der Waals surface area contributed by atoms with Crippen molar-refractivity contribution in [2.45, 2.75) is 25.2 Å². The summed E-state index contributed by atoms with van der Waals surface area (Å²) in [4.78, 5) is 12.7. The van der Waals surface area contributed by atoms with Crippen molar-refractivity contribution in [2.75, 3.05) is 10.0 Å². The van der Waals surface area contributed by atoms with Crippen LogP contribution in [0.5, 0.6) is 0 Å². The summed E-state index contributed by atoms with van der Waals surface area (Å²) in [6.07, 6.45) is 0.806. The maximum atomic E-state index is 12.6. The minimum Gasteiger partial charge on any atom is -0.322 e. The van der Waals surface area contributed by atoms with Crippen LogP contribution in [0.3, 0.4) is 0 Å². The molecule has 0 saturated carbocycles. The molecule has 7 heteroatoms. The third-order valence-corrected chi connectivity index (χ3v) is 6.14. The molecule has 0 aliphatic heterocycles. The predicted octanol–water partition coefficient (Wildman–Crippen LogP) is 5.26. The Kier molecular flexibility index (Phi) is 6.25. The second-order valence-electron chi connectivity index (χ2n) is 6.55. The van der Waals surface area contributed by atoms with Gasteiger partial charge in [-0.1, -0.05) is 36.7 Å². The van der Waals surface area contributed by atoms with Gasteiger partial charge in [0.2, 0.25) is 0 Å². The summed E-state index contributed by atoms with van der Waals surface area (Å²) in [5.41, 5.74) is 3.31. The average Bonchev–Trinajstić information content (AvgIpc) is 2.70. The van der Waals surface area contributed by atoms with Crippen LogP contribution in [-0.2, 0) is 16.4 Å². The molecule has 0 aliphatic carbocycles. The van der Waals surface area contributed by atoms with Crippen LogP contribution in [-0.4, -0.2) is 14.3 Å². The standard InChI is InChI=1S/C22H21ClN2O3S/c1-3-16-6-4-5-7-21(16)24-22(26)17-8-13-20(15(2)14-17)25-29(27,28)19-11-9-18(23)10-12-19/h4-14,25H,3H2,1-2H3,(H,24,26). The molecule has 2 N–H and O–H groups in total. The summed E-state index contributed by atoms with van der Waals surface area (Å²) in [6, 6.07) is 18.4. The molecule has 0 aliphatic rings. The van der Waals surface area contributed by atoms with E-state index in [4.69, 9.17) is 11.6 Å². The molecule has 3 aromatic carbocycles. The molecular formula is C22H21ClN2O3S. The zero-order valence-electron chi connectivity index (χ0n) is 16.1. The monoisotopic (exact) mass is 428 g/mol. The molecule has 0 spiro atoms. The maximum absolute atomic E-state index is 12.6. The average molecular weight is 429 g/mol. The van der Waals surface area contributed by atoms with Crippen molar-refractivity contribution in [3.63, 3.8) is 0 Å². The van der Waals surface area contributed by atoms with Crippen molar-refractivity contribution in [3.8, 4) is 0 Å². The number of sulfonamides is 1. The largest absolute Gasteiger partial charge is 0.322 e. The van der Waals surface area contributed by atoms with E-state index in [-0.39, 0.29) is 10.8 Å². The summed E-state index contributed by atoms with van der Waals surface area (Å²) in [6.45, 7) is 3.77. The fraction of sp³-hybridized carbons (Fsp3) is 0.136. The van der Waals surface area contributed by atoms with E-state index in [1.165, 1.54) is 24.3 Å². The quantitative estimate of drug-likeness (QED) is 0.562. The van der Waals surface area contributed by atoms with Gasteiger partial charge in [0.1, 0.15) is 0 Å². The van der Waals surface area contributed by atoms with Crippen molar-refractivity contribution < 1.29 is 13.2 Å². The molecule has 0 fully saturated rings. The Bertz CT molecular complexity index is 1140. The highest BCUT2D eigenvalue weighted by atomic mass is 35.5. The SMILES string of the molecule is CCc1ccccc1NC(=O)c1ccc(NS(=O)(=O)c2ccc(Cl)cc2)c(C)c1. The highest BCUT2D eigenvalue weighted by Gasteiger charge is 2.16. The van der Waals surface area contributed by atoms with Gasteiger partial charge in [-0.25, -0.2) is 8.42 Å². The topological polar surface area (TPSA) is 75.3 Å². The lowest BCUT2D eigenvalue weighted by Crippen LogP contribution is -2.16. The molecule has 0 heterocycles. The first-order valence-electron chi connectivity index (χ1n) is 9.08.